The highest BCUT2D eigenvalue weighted by Gasteiger charge is 2.48. The van der Waals surface area contributed by atoms with Crippen molar-refractivity contribution in [3.63, 3.8) is 0 Å². The minimum absolute atomic E-state index is 0.0731. The Balaban J connectivity index is 1.72. The molecule has 1 saturated heterocycles. The van der Waals surface area contributed by atoms with E-state index in [1.165, 1.54) is 16.2 Å². The first-order chi connectivity index (χ1) is 16.3. The summed E-state index contributed by atoms with van der Waals surface area (Å²) in [6, 6.07) is 21.8. The molecule has 0 saturated carbocycles. The van der Waals surface area contributed by atoms with Crippen LogP contribution in [0, 0.1) is 6.92 Å². The number of anilines is 1. The fourth-order valence-electron chi connectivity index (χ4n) is 4.28. The number of nitrogens with zero attached hydrogens (tertiary/aromatic N) is 2. The number of carbonyl (C=O) groups excluding carboxylic acids is 2. The number of aliphatic hydroxyl groups is 1. The SMILES string of the molecule is Cc1ccc2nc(N3C(=O)C(=O)C(=C(O)c4ccccc4)C3c3ccc(C(C)C)cc3)sc2c1. The Morgan fingerprint density at radius 2 is 1.71 bits per heavy atom. The Hall–Kier alpha value is -3.77. The molecule has 1 aliphatic heterocycles. The molecule has 0 aliphatic carbocycles. The Labute approximate surface area is 202 Å². The third-order valence-electron chi connectivity index (χ3n) is 6.15. The van der Waals surface area contributed by atoms with Gasteiger partial charge in [-0.2, -0.15) is 0 Å². The van der Waals surface area contributed by atoms with E-state index in [1.54, 1.807) is 24.3 Å². The van der Waals surface area contributed by atoms with Crippen LogP contribution in [0.5, 0.6) is 0 Å². The zero-order valence-corrected chi connectivity index (χ0v) is 20.0. The smallest absolute Gasteiger partial charge is 0.301 e. The van der Waals surface area contributed by atoms with Crippen molar-refractivity contribution in [3.8, 4) is 0 Å². The van der Waals surface area contributed by atoms with E-state index in [1.807, 2.05) is 55.5 Å². The topological polar surface area (TPSA) is 70.5 Å². The van der Waals surface area contributed by atoms with E-state index in [0.717, 1.165) is 26.9 Å². The quantitative estimate of drug-likeness (QED) is 0.215. The van der Waals surface area contributed by atoms with Crippen molar-refractivity contribution in [1.82, 2.24) is 4.98 Å². The van der Waals surface area contributed by atoms with Crippen molar-refractivity contribution < 1.29 is 14.7 Å². The normalized spacial score (nSPS) is 17.8. The third-order valence-corrected chi connectivity index (χ3v) is 7.17. The lowest BCUT2D eigenvalue weighted by Crippen LogP contribution is -2.29. The molecule has 5 nitrogen and oxygen atoms in total. The number of aromatic nitrogens is 1. The predicted octanol–water partition coefficient (Wildman–Crippen LogP) is 6.35. The number of hydrogen-bond donors (Lipinski definition) is 1. The van der Waals surface area contributed by atoms with Crippen LogP contribution < -0.4 is 4.90 Å². The molecule has 0 bridgehead atoms. The molecule has 170 valence electrons. The van der Waals surface area contributed by atoms with Gasteiger partial charge in [-0.05, 0) is 41.7 Å². The van der Waals surface area contributed by atoms with Gasteiger partial charge < -0.3 is 5.11 Å². The van der Waals surface area contributed by atoms with E-state index in [4.69, 9.17) is 0 Å². The first-order valence-corrected chi connectivity index (χ1v) is 12.0. The molecule has 0 radical (unpaired) electrons. The molecule has 34 heavy (non-hydrogen) atoms. The van der Waals surface area contributed by atoms with Gasteiger partial charge in [0.05, 0.1) is 21.8 Å². The Morgan fingerprint density at radius 3 is 2.38 bits per heavy atom. The van der Waals surface area contributed by atoms with Gasteiger partial charge in [-0.1, -0.05) is 85.8 Å². The maximum Gasteiger partial charge on any atom is 0.301 e. The number of Topliss-reactive ketones (excluding diaryl/α,β-unsaturated/α-hetero) is 1. The molecule has 1 N–H and O–H groups in total. The van der Waals surface area contributed by atoms with Gasteiger partial charge in [0, 0.05) is 5.56 Å². The van der Waals surface area contributed by atoms with E-state index in [-0.39, 0.29) is 11.3 Å². The molecule has 5 rings (SSSR count). The molecule has 6 heteroatoms. The van der Waals surface area contributed by atoms with Gasteiger partial charge in [-0.25, -0.2) is 4.98 Å². The predicted molar refractivity (Wildman–Crippen MR) is 136 cm³/mol. The summed E-state index contributed by atoms with van der Waals surface area (Å²) in [4.78, 5) is 32.8. The second kappa shape index (κ2) is 8.54. The van der Waals surface area contributed by atoms with E-state index >= 15 is 0 Å². The number of ketones is 1. The number of rotatable bonds is 4. The number of fused-ring (bicyclic) bond motifs is 1. The Morgan fingerprint density at radius 1 is 1.00 bits per heavy atom. The molecular weight excluding hydrogens is 444 g/mol. The van der Waals surface area contributed by atoms with Gasteiger partial charge in [0.2, 0.25) is 0 Å². The summed E-state index contributed by atoms with van der Waals surface area (Å²) in [6.45, 7) is 6.22. The lowest BCUT2D eigenvalue weighted by Gasteiger charge is -2.23. The van der Waals surface area contributed by atoms with Gasteiger partial charge in [0.1, 0.15) is 5.76 Å². The van der Waals surface area contributed by atoms with Crippen molar-refractivity contribution in [2.45, 2.75) is 32.7 Å². The van der Waals surface area contributed by atoms with Gasteiger partial charge >= 0.3 is 5.91 Å². The number of amides is 1. The van der Waals surface area contributed by atoms with Crippen molar-refractivity contribution in [3.05, 3.63) is 101 Å². The van der Waals surface area contributed by atoms with Gasteiger partial charge in [-0.15, -0.1) is 0 Å². The first-order valence-electron chi connectivity index (χ1n) is 11.2. The monoisotopic (exact) mass is 468 g/mol. The summed E-state index contributed by atoms with van der Waals surface area (Å²) >= 11 is 1.37. The summed E-state index contributed by atoms with van der Waals surface area (Å²) in [6.07, 6.45) is 0. The first kappa shape index (κ1) is 22.0. The summed E-state index contributed by atoms with van der Waals surface area (Å²) < 4.78 is 0.939. The molecule has 1 amide bonds. The minimum Gasteiger partial charge on any atom is -0.507 e. The van der Waals surface area contributed by atoms with Crippen LogP contribution in [0.3, 0.4) is 0 Å². The van der Waals surface area contributed by atoms with Gasteiger partial charge in [0.25, 0.3) is 5.78 Å². The van der Waals surface area contributed by atoms with Crippen molar-refractivity contribution in [2.24, 2.45) is 0 Å². The van der Waals surface area contributed by atoms with Crippen LogP contribution in [0.25, 0.3) is 16.0 Å². The molecule has 1 fully saturated rings. The van der Waals surface area contributed by atoms with Crippen LogP contribution in [-0.2, 0) is 9.59 Å². The highest BCUT2D eigenvalue weighted by atomic mass is 32.1. The van der Waals surface area contributed by atoms with E-state index < -0.39 is 17.7 Å². The van der Waals surface area contributed by atoms with Crippen LogP contribution in [0.2, 0.25) is 0 Å². The minimum atomic E-state index is -0.775. The van der Waals surface area contributed by atoms with Crippen LogP contribution in [0.1, 0.15) is 48.1 Å². The third kappa shape index (κ3) is 3.70. The summed E-state index contributed by atoms with van der Waals surface area (Å²) in [5, 5.41) is 11.6. The lowest BCUT2D eigenvalue weighted by atomic mass is 9.93. The number of aliphatic hydroxyl groups excluding tert-OH is 1. The molecule has 1 aromatic heterocycles. The van der Waals surface area contributed by atoms with E-state index in [0.29, 0.717) is 16.6 Å². The average Bonchev–Trinajstić information content (AvgIpc) is 3.37. The fraction of sp³-hybridized carbons (Fsp3) is 0.179. The number of hydrogen-bond acceptors (Lipinski definition) is 5. The molecule has 4 aromatic rings. The van der Waals surface area contributed by atoms with Crippen LogP contribution >= 0.6 is 11.3 Å². The number of thiazole rings is 1. The summed E-state index contributed by atoms with van der Waals surface area (Å²) in [5.74, 6) is -1.24. The highest BCUT2D eigenvalue weighted by molar-refractivity contribution is 7.22. The van der Waals surface area contributed by atoms with Gasteiger partial charge in [0.15, 0.2) is 5.13 Å². The summed E-state index contributed by atoms with van der Waals surface area (Å²) in [7, 11) is 0. The fourth-order valence-corrected chi connectivity index (χ4v) is 5.37. The Bertz CT molecular complexity index is 1440. The molecule has 2 heterocycles. The van der Waals surface area contributed by atoms with Crippen molar-refractivity contribution >= 4 is 44.1 Å². The molecule has 0 spiro atoms. The molecule has 1 aliphatic rings. The molecule has 1 atom stereocenters. The number of carbonyl (C=O) groups is 2. The average molecular weight is 469 g/mol. The largest absolute Gasteiger partial charge is 0.507 e. The Kier molecular flexibility index (Phi) is 5.54. The molecular formula is C28H24N2O3S. The number of benzene rings is 3. The molecule has 1 unspecified atom stereocenters. The standard InChI is InChI=1S/C28H24N2O3S/c1-16(2)18-10-12-19(13-11-18)24-23(25(31)20-7-5-4-6-8-20)26(32)27(33)30(24)28-29-21-14-9-17(3)15-22(21)34-28/h4-16,24,31H,1-3H3. The van der Waals surface area contributed by atoms with Crippen LogP contribution in [-0.4, -0.2) is 21.8 Å². The second-order valence-corrected chi connectivity index (χ2v) is 9.83. The zero-order valence-electron chi connectivity index (χ0n) is 19.1. The van der Waals surface area contributed by atoms with Gasteiger partial charge in [-0.3, -0.25) is 14.5 Å². The van der Waals surface area contributed by atoms with Crippen LogP contribution in [0.15, 0.2) is 78.4 Å². The van der Waals surface area contributed by atoms with E-state index in [2.05, 4.69) is 18.8 Å². The van der Waals surface area contributed by atoms with Crippen molar-refractivity contribution in [2.75, 3.05) is 4.90 Å². The zero-order chi connectivity index (χ0) is 24.0. The second-order valence-electron chi connectivity index (χ2n) is 8.82. The maximum atomic E-state index is 13.4. The number of aryl methyl sites for hydroxylation is 1. The van der Waals surface area contributed by atoms with Crippen LogP contribution in [0.4, 0.5) is 5.13 Å². The van der Waals surface area contributed by atoms with E-state index in [9.17, 15) is 14.7 Å². The van der Waals surface area contributed by atoms with Crippen molar-refractivity contribution in [1.29, 1.82) is 0 Å². The highest BCUT2D eigenvalue weighted by Crippen LogP contribution is 2.44. The maximum absolute atomic E-state index is 13.4. The molecule has 3 aromatic carbocycles. The lowest BCUT2D eigenvalue weighted by molar-refractivity contribution is -0.132. The summed E-state index contributed by atoms with van der Waals surface area (Å²) in [5.41, 5.74) is 4.32.